The van der Waals surface area contributed by atoms with Gasteiger partial charge in [0.1, 0.15) is 6.61 Å². The molecule has 0 bridgehead atoms. The van der Waals surface area contributed by atoms with Crippen LogP contribution in [0.1, 0.15) is 12.5 Å². The van der Waals surface area contributed by atoms with Gasteiger partial charge in [-0.2, -0.15) is 0 Å². The molecule has 0 saturated carbocycles. The van der Waals surface area contributed by atoms with Gasteiger partial charge in [0.25, 0.3) is 0 Å². The van der Waals surface area contributed by atoms with Crippen molar-refractivity contribution < 1.29 is 14.3 Å². The molecule has 5 heteroatoms. The monoisotopic (exact) mass is 286 g/mol. The molecule has 110 valence electrons. The predicted octanol–water partition coefficient (Wildman–Crippen LogP) is 2.39. The van der Waals surface area contributed by atoms with Crippen LogP contribution in [0.15, 0.2) is 48.6 Å². The summed E-state index contributed by atoms with van der Waals surface area (Å²) in [4.78, 5) is 24.7. The van der Waals surface area contributed by atoms with Gasteiger partial charge in [-0.1, -0.05) is 30.4 Å². The average molecular weight is 286 g/mol. The number of cyclic esters (lactones) is 1. The second kappa shape index (κ2) is 7.28. The lowest BCUT2D eigenvalue weighted by atomic mass is 10.2. The standard InChI is InChI=1S/C16H18N2O3/c1-2-3-4-8-15(19)17-12-13-6-5-7-14(11-13)18-9-10-21-16(18)20/h2-8,11H,9-10,12H2,1H3,(H,17,19)/b3-2+,8-4+. The molecular formula is C16H18N2O3. The normalized spacial score (nSPS) is 14.9. The van der Waals surface area contributed by atoms with Crippen LogP contribution in [0.3, 0.4) is 0 Å². The molecule has 1 aliphatic rings. The van der Waals surface area contributed by atoms with Crippen molar-refractivity contribution in [2.24, 2.45) is 0 Å². The number of amides is 2. The van der Waals surface area contributed by atoms with E-state index in [1.807, 2.05) is 37.3 Å². The van der Waals surface area contributed by atoms with Crippen molar-refractivity contribution in [3.8, 4) is 0 Å². The number of carbonyl (C=O) groups excluding carboxylic acids is 2. The molecule has 0 spiro atoms. The fraction of sp³-hybridized carbons (Fsp3) is 0.250. The number of nitrogens with zero attached hydrogens (tertiary/aromatic N) is 1. The molecule has 0 aromatic heterocycles. The zero-order valence-corrected chi connectivity index (χ0v) is 11.9. The summed E-state index contributed by atoms with van der Waals surface area (Å²) >= 11 is 0. The molecule has 1 aromatic rings. The predicted molar refractivity (Wildman–Crippen MR) is 80.9 cm³/mol. The molecule has 1 aliphatic heterocycles. The van der Waals surface area contributed by atoms with Gasteiger partial charge in [0.15, 0.2) is 0 Å². The molecule has 1 fully saturated rings. The Morgan fingerprint density at radius 3 is 3.00 bits per heavy atom. The smallest absolute Gasteiger partial charge is 0.414 e. The van der Waals surface area contributed by atoms with Gasteiger partial charge in [-0.15, -0.1) is 0 Å². The van der Waals surface area contributed by atoms with Crippen LogP contribution >= 0.6 is 0 Å². The van der Waals surface area contributed by atoms with Crippen molar-refractivity contribution in [1.82, 2.24) is 5.32 Å². The first-order chi connectivity index (χ1) is 10.2. The second-order valence-electron chi connectivity index (χ2n) is 4.54. The Balaban J connectivity index is 1.95. The largest absolute Gasteiger partial charge is 0.447 e. The molecule has 1 saturated heterocycles. The van der Waals surface area contributed by atoms with Gasteiger partial charge >= 0.3 is 6.09 Å². The summed E-state index contributed by atoms with van der Waals surface area (Å²) in [6.07, 6.45) is 6.47. The maximum atomic E-state index is 11.6. The first-order valence-corrected chi connectivity index (χ1v) is 6.81. The Labute approximate surface area is 123 Å². The first-order valence-electron chi connectivity index (χ1n) is 6.81. The summed E-state index contributed by atoms with van der Waals surface area (Å²) in [7, 11) is 0. The van der Waals surface area contributed by atoms with E-state index < -0.39 is 0 Å². The van der Waals surface area contributed by atoms with E-state index in [2.05, 4.69) is 5.32 Å². The van der Waals surface area contributed by atoms with Crippen LogP contribution in [-0.2, 0) is 16.1 Å². The van der Waals surface area contributed by atoms with E-state index in [0.717, 1.165) is 11.3 Å². The molecule has 1 heterocycles. The van der Waals surface area contributed by atoms with Gasteiger partial charge in [0.2, 0.25) is 5.91 Å². The lowest BCUT2D eigenvalue weighted by Gasteiger charge is -2.13. The number of allylic oxidation sites excluding steroid dienone is 3. The first kappa shape index (κ1) is 14.8. The average Bonchev–Trinajstić information content (AvgIpc) is 2.92. The number of anilines is 1. The highest BCUT2D eigenvalue weighted by Gasteiger charge is 2.23. The number of carbonyl (C=O) groups is 2. The highest BCUT2D eigenvalue weighted by atomic mass is 16.6. The Bertz CT molecular complexity index is 579. The van der Waals surface area contributed by atoms with Gasteiger partial charge in [0.05, 0.1) is 6.54 Å². The highest BCUT2D eigenvalue weighted by Crippen LogP contribution is 2.19. The summed E-state index contributed by atoms with van der Waals surface area (Å²) in [6, 6.07) is 7.49. The third-order valence-electron chi connectivity index (χ3n) is 3.00. The number of ether oxygens (including phenoxy) is 1. The van der Waals surface area contributed by atoms with Crippen LogP contribution in [0.2, 0.25) is 0 Å². The molecule has 0 radical (unpaired) electrons. The third kappa shape index (κ3) is 4.21. The summed E-state index contributed by atoms with van der Waals surface area (Å²) in [5.41, 5.74) is 1.72. The summed E-state index contributed by atoms with van der Waals surface area (Å²) in [6.45, 7) is 3.27. The number of rotatable bonds is 5. The van der Waals surface area contributed by atoms with E-state index in [1.165, 1.54) is 6.08 Å². The highest BCUT2D eigenvalue weighted by molar-refractivity contribution is 5.89. The van der Waals surface area contributed by atoms with Crippen molar-refractivity contribution in [1.29, 1.82) is 0 Å². The van der Waals surface area contributed by atoms with E-state index in [4.69, 9.17) is 4.74 Å². The molecule has 0 atom stereocenters. The molecule has 0 unspecified atom stereocenters. The number of benzene rings is 1. The number of nitrogens with one attached hydrogen (secondary N) is 1. The van der Waals surface area contributed by atoms with Gasteiger partial charge in [-0.3, -0.25) is 9.69 Å². The van der Waals surface area contributed by atoms with Crippen molar-refractivity contribution in [2.75, 3.05) is 18.1 Å². The zero-order chi connectivity index (χ0) is 15.1. The zero-order valence-electron chi connectivity index (χ0n) is 11.9. The van der Waals surface area contributed by atoms with Gasteiger partial charge < -0.3 is 10.1 Å². The van der Waals surface area contributed by atoms with Crippen LogP contribution in [-0.4, -0.2) is 25.2 Å². The topological polar surface area (TPSA) is 58.6 Å². The number of hydrogen-bond acceptors (Lipinski definition) is 3. The lowest BCUT2D eigenvalue weighted by Crippen LogP contribution is -2.24. The maximum absolute atomic E-state index is 11.6. The van der Waals surface area contributed by atoms with Crippen molar-refractivity contribution >= 4 is 17.7 Å². The van der Waals surface area contributed by atoms with Crippen LogP contribution in [0.4, 0.5) is 10.5 Å². The number of hydrogen-bond donors (Lipinski definition) is 1. The SMILES string of the molecule is C/C=C/C=C/C(=O)NCc1cccc(N2CCOC2=O)c1. The minimum Gasteiger partial charge on any atom is -0.447 e. The molecular weight excluding hydrogens is 268 g/mol. The molecule has 21 heavy (non-hydrogen) atoms. The summed E-state index contributed by atoms with van der Waals surface area (Å²) < 4.78 is 4.91. The third-order valence-corrected chi connectivity index (χ3v) is 3.00. The molecule has 2 rings (SSSR count). The quantitative estimate of drug-likeness (QED) is 0.668. The fourth-order valence-corrected chi connectivity index (χ4v) is 1.96. The van der Waals surface area contributed by atoms with E-state index in [0.29, 0.717) is 19.7 Å². The summed E-state index contributed by atoms with van der Waals surface area (Å²) in [5.74, 6) is -0.154. The second-order valence-corrected chi connectivity index (χ2v) is 4.54. The van der Waals surface area contributed by atoms with Crippen molar-refractivity contribution in [3.05, 3.63) is 54.1 Å². The van der Waals surface area contributed by atoms with E-state index >= 15 is 0 Å². The Morgan fingerprint density at radius 2 is 2.29 bits per heavy atom. The van der Waals surface area contributed by atoms with Crippen LogP contribution in [0.5, 0.6) is 0 Å². The van der Waals surface area contributed by atoms with Crippen LogP contribution in [0.25, 0.3) is 0 Å². The fourth-order valence-electron chi connectivity index (χ4n) is 1.96. The van der Waals surface area contributed by atoms with Gasteiger partial charge in [-0.05, 0) is 24.6 Å². The van der Waals surface area contributed by atoms with Crippen molar-refractivity contribution in [3.63, 3.8) is 0 Å². The van der Waals surface area contributed by atoms with Crippen LogP contribution < -0.4 is 10.2 Å². The molecule has 2 amide bonds. The Hall–Kier alpha value is -2.56. The minimum atomic E-state index is -0.328. The lowest BCUT2D eigenvalue weighted by molar-refractivity contribution is -0.116. The Morgan fingerprint density at radius 1 is 1.43 bits per heavy atom. The molecule has 1 aromatic carbocycles. The van der Waals surface area contributed by atoms with Crippen LogP contribution in [0, 0.1) is 0 Å². The minimum absolute atomic E-state index is 0.154. The van der Waals surface area contributed by atoms with E-state index in [1.54, 1.807) is 17.1 Å². The Kier molecular flexibility index (Phi) is 5.15. The maximum Gasteiger partial charge on any atom is 0.414 e. The molecule has 5 nitrogen and oxygen atoms in total. The molecule has 1 N–H and O–H groups in total. The van der Waals surface area contributed by atoms with E-state index in [-0.39, 0.29) is 12.0 Å². The van der Waals surface area contributed by atoms with Gasteiger partial charge in [-0.25, -0.2) is 4.79 Å². The van der Waals surface area contributed by atoms with Gasteiger partial charge in [0, 0.05) is 18.3 Å². The summed E-state index contributed by atoms with van der Waals surface area (Å²) in [5, 5.41) is 2.79. The van der Waals surface area contributed by atoms with E-state index in [9.17, 15) is 9.59 Å². The van der Waals surface area contributed by atoms with Crippen molar-refractivity contribution in [2.45, 2.75) is 13.5 Å². The molecule has 0 aliphatic carbocycles.